The topological polar surface area (TPSA) is 78.4 Å². The van der Waals surface area contributed by atoms with Crippen LogP contribution in [0.15, 0.2) is 24.3 Å². The Kier molecular flexibility index (Phi) is 3.62. The van der Waals surface area contributed by atoms with Crippen molar-refractivity contribution in [3.63, 3.8) is 0 Å². The maximum atomic E-state index is 11.9. The first-order valence-electron chi connectivity index (χ1n) is 5.91. The summed E-state index contributed by atoms with van der Waals surface area (Å²) >= 11 is 0. The molecule has 0 radical (unpaired) electrons. The van der Waals surface area contributed by atoms with Crippen LogP contribution in [0.1, 0.15) is 30.1 Å². The second kappa shape index (κ2) is 5.18. The van der Waals surface area contributed by atoms with E-state index in [9.17, 15) is 9.59 Å². The largest absolute Gasteiger partial charge is 0.393 e. The summed E-state index contributed by atoms with van der Waals surface area (Å²) in [6.07, 6.45) is 0.926. The van der Waals surface area contributed by atoms with E-state index >= 15 is 0 Å². The van der Waals surface area contributed by atoms with Gasteiger partial charge in [-0.15, -0.1) is 0 Å². The van der Waals surface area contributed by atoms with Gasteiger partial charge in [0.25, 0.3) is 5.91 Å². The van der Waals surface area contributed by atoms with E-state index in [1.54, 1.807) is 24.3 Å². The number of benzene rings is 1. The number of carbonyl (C=O) groups is 2. The minimum absolute atomic E-state index is 0.0527. The first kappa shape index (κ1) is 12.6. The molecular weight excluding hydrogens is 232 g/mol. The molecule has 18 heavy (non-hydrogen) atoms. The molecule has 5 heteroatoms. The van der Waals surface area contributed by atoms with Crippen molar-refractivity contribution in [2.24, 2.45) is 0 Å². The Hall–Kier alpha value is -1.88. The van der Waals surface area contributed by atoms with Gasteiger partial charge in [-0.3, -0.25) is 9.59 Å². The van der Waals surface area contributed by atoms with E-state index in [-0.39, 0.29) is 24.0 Å². The summed E-state index contributed by atoms with van der Waals surface area (Å²) in [5, 5.41) is 14.6. The molecule has 1 saturated carbocycles. The Bertz CT molecular complexity index is 467. The highest BCUT2D eigenvalue weighted by molar-refractivity contribution is 5.97. The van der Waals surface area contributed by atoms with Crippen LogP contribution in [0.2, 0.25) is 0 Å². The van der Waals surface area contributed by atoms with Crippen molar-refractivity contribution in [1.82, 2.24) is 5.32 Å². The van der Waals surface area contributed by atoms with E-state index in [0.717, 1.165) is 0 Å². The number of aliphatic hydroxyl groups excluding tert-OH is 1. The molecule has 0 atom stereocenters. The predicted molar refractivity (Wildman–Crippen MR) is 67.2 cm³/mol. The molecule has 0 saturated heterocycles. The molecule has 3 N–H and O–H groups in total. The lowest BCUT2D eigenvalue weighted by Crippen LogP contribution is -2.46. The number of anilines is 1. The molecule has 1 fully saturated rings. The summed E-state index contributed by atoms with van der Waals surface area (Å²) in [7, 11) is 0. The summed E-state index contributed by atoms with van der Waals surface area (Å²) in [4.78, 5) is 22.8. The van der Waals surface area contributed by atoms with E-state index in [1.807, 2.05) is 0 Å². The number of amides is 2. The van der Waals surface area contributed by atoms with Crippen LogP contribution < -0.4 is 10.6 Å². The lowest BCUT2D eigenvalue weighted by molar-refractivity contribution is -0.114. The second-order valence-corrected chi connectivity index (χ2v) is 4.56. The summed E-state index contributed by atoms with van der Waals surface area (Å²) in [5.74, 6) is -0.353. The molecule has 96 valence electrons. The highest BCUT2D eigenvalue weighted by atomic mass is 16.3. The van der Waals surface area contributed by atoms with Gasteiger partial charge in [-0.2, -0.15) is 0 Å². The van der Waals surface area contributed by atoms with E-state index in [4.69, 9.17) is 5.11 Å². The first-order chi connectivity index (χ1) is 8.54. The van der Waals surface area contributed by atoms with Gasteiger partial charge in [0.15, 0.2) is 0 Å². The van der Waals surface area contributed by atoms with Gasteiger partial charge >= 0.3 is 0 Å². The SMILES string of the molecule is CC(=O)Nc1cccc(C(=O)NC2CC(O)C2)c1. The van der Waals surface area contributed by atoms with Crippen LogP contribution in [-0.2, 0) is 4.79 Å². The van der Waals surface area contributed by atoms with Gasteiger partial charge in [-0.25, -0.2) is 0 Å². The van der Waals surface area contributed by atoms with Crippen LogP contribution in [0.5, 0.6) is 0 Å². The Morgan fingerprint density at radius 3 is 2.67 bits per heavy atom. The van der Waals surface area contributed by atoms with Gasteiger partial charge in [-0.05, 0) is 31.0 Å². The molecule has 2 amide bonds. The average Bonchev–Trinajstić information content (AvgIpc) is 2.26. The van der Waals surface area contributed by atoms with Crippen molar-refractivity contribution < 1.29 is 14.7 Å². The van der Waals surface area contributed by atoms with Gasteiger partial charge in [0.05, 0.1) is 6.10 Å². The minimum atomic E-state index is -0.291. The number of carbonyl (C=O) groups excluding carboxylic acids is 2. The molecular formula is C13H16N2O3. The standard InChI is InChI=1S/C13H16N2O3/c1-8(16)14-10-4-2-3-9(5-10)13(18)15-11-6-12(17)7-11/h2-5,11-12,17H,6-7H2,1H3,(H,14,16)(H,15,18). The number of nitrogens with one attached hydrogen (secondary N) is 2. The highest BCUT2D eigenvalue weighted by Crippen LogP contribution is 2.20. The number of aliphatic hydroxyl groups is 1. The van der Waals surface area contributed by atoms with Gasteiger partial charge in [0, 0.05) is 24.2 Å². The molecule has 1 aliphatic carbocycles. The summed E-state index contributed by atoms with van der Waals surface area (Å²) in [5.41, 5.74) is 1.10. The average molecular weight is 248 g/mol. The number of rotatable bonds is 3. The number of hydrogen-bond acceptors (Lipinski definition) is 3. The number of hydrogen-bond donors (Lipinski definition) is 3. The third-order valence-corrected chi connectivity index (χ3v) is 2.89. The summed E-state index contributed by atoms with van der Waals surface area (Å²) in [6.45, 7) is 1.42. The van der Waals surface area contributed by atoms with Crippen LogP contribution >= 0.6 is 0 Å². The molecule has 1 aromatic rings. The Morgan fingerprint density at radius 2 is 2.06 bits per heavy atom. The smallest absolute Gasteiger partial charge is 0.251 e. The molecule has 0 heterocycles. The molecule has 2 rings (SSSR count). The van der Waals surface area contributed by atoms with Crippen molar-refractivity contribution in [2.75, 3.05) is 5.32 Å². The molecule has 0 spiro atoms. The predicted octanol–water partition coefficient (Wildman–Crippen LogP) is 0.898. The lowest BCUT2D eigenvalue weighted by Gasteiger charge is -2.31. The van der Waals surface area contributed by atoms with Crippen molar-refractivity contribution in [3.05, 3.63) is 29.8 Å². The van der Waals surface area contributed by atoms with Crippen molar-refractivity contribution in [3.8, 4) is 0 Å². The van der Waals surface area contributed by atoms with Crippen LogP contribution in [0.25, 0.3) is 0 Å². The van der Waals surface area contributed by atoms with Crippen LogP contribution in [0.4, 0.5) is 5.69 Å². The zero-order chi connectivity index (χ0) is 13.1. The van der Waals surface area contributed by atoms with Gasteiger partial charge in [0.2, 0.25) is 5.91 Å². The zero-order valence-corrected chi connectivity index (χ0v) is 10.1. The second-order valence-electron chi connectivity index (χ2n) is 4.56. The van der Waals surface area contributed by atoms with Crippen LogP contribution in [-0.4, -0.2) is 29.1 Å². The van der Waals surface area contributed by atoms with Gasteiger partial charge < -0.3 is 15.7 Å². The molecule has 0 aromatic heterocycles. The van der Waals surface area contributed by atoms with Crippen LogP contribution in [0, 0.1) is 0 Å². The molecule has 1 aromatic carbocycles. The third-order valence-electron chi connectivity index (χ3n) is 2.89. The van der Waals surface area contributed by atoms with Crippen molar-refractivity contribution >= 4 is 17.5 Å². The Balaban J connectivity index is 1.99. The first-order valence-corrected chi connectivity index (χ1v) is 5.91. The maximum absolute atomic E-state index is 11.9. The van der Waals surface area contributed by atoms with E-state index in [1.165, 1.54) is 6.92 Å². The minimum Gasteiger partial charge on any atom is -0.393 e. The summed E-state index contributed by atoms with van der Waals surface area (Å²) < 4.78 is 0. The lowest BCUT2D eigenvalue weighted by atomic mass is 9.89. The van der Waals surface area contributed by atoms with Crippen LogP contribution in [0.3, 0.4) is 0 Å². The maximum Gasteiger partial charge on any atom is 0.251 e. The van der Waals surface area contributed by atoms with E-state index < -0.39 is 0 Å². The van der Waals surface area contributed by atoms with E-state index in [0.29, 0.717) is 24.1 Å². The van der Waals surface area contributed by atoms with Crippen molar-refractivity contribution in [1.29, 1.82) is 0 Å². The highest BCUT2D eigenvalue weighted by Gasteiger charge is 2.28. The fourth-order valence-corrected chi connectivity index (χ4v) is 1.92. The quantitative estimate of drug-likeness (QED) is 0.743. The Morgan fingerprint density at radius 1 is 1.33 bits per heavy atom. The zero-order valence-electron chi connectivity index (χ0n) is 10.1. The van der Waals surface area contributed by atoms with Crippen molar-refractivity contribution in [2.45, 2.75) is 31.9 Å². The molecule has 5 nitrogen and oxygen atoms in total. The summed E-state index contributed by atoms with van der Waals surface area (Å²) in [6, 6.07) is 6.82. The molecule has 0 aliphatic heterocycles. The Labute approximate surface area is 105 Å². The van der Waals surface area contributed by atoms with Gasteiger partial charge in [0.1, 0.15) is 0 Å². The molecule has 1 aliphatic rings. The van der Waals surface area contributed by atoms with Gasteiger partial charge in [-0.1, -0.05) is 6.07 Å². The normalized spacial score (nSPS) is 21.9. The fourth-order valence-electron chi connectivity index (χ4n) is 1.92. The molecule has 0 bridgehead atoms. The third kappa shape index (κ3) is 3.07. The molecule has 0 unspecified atom stereocenters. The fraction of sp³-hybridized carbons (Fsp3) is 0.385. The van der Waals surface area contributed by atoms with E-state index in [2.05, 4.69) is 10.6 Å². The monoisotopic (exact) mass is 248 g/mol.